The van der Waals surface area contributed by atoms with E-state index in [1.807, 2.05) is 13.0 Å². The number of halogens is 1. The molecule has 0 atom stereocenters. The van der Waals surface area contributed by atoms with E-state index in [0.29, 0.717) is 27.7 Å². The maximum atomic E-state index is 12.3. The molecule has 0 aliphatic rings. The third-order valence-electron chi connectivity index (χ3n) is 2.93. The summed E-state index contributed by atoms with van der Waals surface area (Å²) >= 11 is 5.91. The molecule has 0 fully saturated rings. The van der Waals surface area contributed by atoms with Gasteiger partial charge in [0.25, 0.3) is 5.91 Å². The van der Waals surface area contributed by atoms with Crippen molar-refractivity contribution >= 4 is 28.9 Å². The first-order chi connectivity index (χ1) is 9.51. The van der Waals surface area contributed by atoms with Crippen LogP contribution in [0.25, 0.3) is 0 Å². The molecule has 104 valence electrons. The molecule has 1 amide bonds. The number of aryl methyl sites for hydroxylation is 1. The van der Waals surface area contributed by atoms with E-state index < -0.39 is 0 Å². The molecule has 2 rings (SSSR count). The van der Waals surface area contributed by atoms with E-state index in [2.05, 4.69) is 5.32 Å². The largest absolute Gasteiger partial charge is 0.496 e. The summed E-state index contributed by atoms with van der Waals surface area (Å²) in [5.74, 6) is 0.188. The van der Waals surface area contributed by atoms with Crippen molar-refractivity contribution in [1.29, 1.82) is 0 Å². The molecule has 0 aliphatic heterocycles. The van der Waals surface area contributed by atoms with Crippen molar-refractivity contribution in [3.8, 4) is 5.75 Å². The standard InChI is InChI=1S/C15H15ClN2O2/c1-9-7-11(4-5-13(9)17)18-15(19)12-8-10(16)3-6-14(12)20-2/h3-8H,17H2,1-2H3,(H,18,19). The Hall–Kier alpha value is -2.20. The third-order valence-corrected chi connectivity index (χ3v) is 3.17. The second kappa shape index (κ2) is 5.84. The summed E-state index contributed by atoms with van der Waals surface area (Å²) in [6, 6.07) is 10.2. The summed E-state index contributed by atoms with van der Waals surface area (Å²) in [5.41, 5.74) is 8.39. The average molecular weight is 291 g/mol. The van der Waals surface area contributed by atoms with E-state index in [4.69, 9.17) is 22.1 Å². The van der Waals surface area contributed by atoms with E-state index in [-0.39, 0.29) is 5.91 Å². The molecule has 0 unspecified atom stereocenters. The second-order valence-electron chi connectivity index (χ2n) is 4.37. The van der Waals surface area contributed by atoms with Crippen LogP contribution >= 0.6 is 11.6 Å². The van der Waals surface area contributed by atoms with Gasteiger partial charge in [-0.2, -0.15) is 0 Å². The van der Waals surface area contributed by atoms with Gasteiger partial charge in [0.05, 0.1) is 12.7 Å². The minimum atomic E-state index is -0.284. The lowest BCUT2D eigenvalue weighted by Gasteiger charge is -2.10. The van der Waals surface area contributed by atoms with Crippen molar-refractivity contribution < 1.29 is 9.53 Å². The molecule has 0 radical (unpaired) electrons. The number of ether oxygens (including phenoxy) is 1. The highest BCUT2D eigenvalue weighted by molar-refractivity contribution is 6.31. The Labute approximate surface area is 122 Å². The molecule has 0 aliphatic carbocycles. The molecule has 3 N–H and O–H groups in total. The Morgan fingerprint density at radius 3 is 2.65 bits per heavy atom. The van der Waals surface area contributed by atoms with Crippen LogP contribution in [0, 0.1) is 6.92 Å². The van der Waals surface area contributed by atoms with Crippen LogP contribution in [-0.2, 0) is 0 Å². The van der Waals surface area contributed by atoms with E-state index in [1.54, 1.807) is 30.3 Å². The Balaban J connectivity index is 2.27. The number of methoxy groups -OCH3 is 1. The maximum Gasteiger partial charge on any atom is 0.259 e. The van der Waals surface area contributed by atoms with E-state index in [0.717, 1.165) is 5.56 Å². The van der Waals surface area contributed by atoms with Gasteiger partial charge in [-0.25, -0.2) is 0 Å². The number of anilines is 2. The lowest BCUT2D eigenvalue weighted by atomic mass is 10.1. The van der Waals surface area contributed by atoms with Gasteiger partial charge in [0.1, 0.15) is 5.75 Å². The number of hydrogen-bond acceptors (Lipinski definition) is 3. The summed E-state index contributed by atoms with van der Waals surface area (Å²) in [7, 11) is 1.51. The first-order valence-electron chi connectivity index (χ1n) is 6.02. The van der Waals surface area contributed by atoms with Crippen molar-refractivity contribution in [1.82, 2.24) is 0 Å². The molecular weight excluding hydrogens is 276 g/mol. The van der Waals surface area contributed by atoms with Crippen LogP contribution in [-0.4, -0.2) is 13.0 Å². The molecule has 20 heavy (non-hydrogen) atoms. The van der Waals surface area contributed by atoms with Crippen LogP contribution in [0.3, 0.4) is 0 Å². The first-order valence-corrected chi connectivity index (χ1v) is 6.40. The molecular formula is C15H15ClN2O2. The van der Waals surface area contributed by atoms with Gasteiger partial charge in [-0.3, -0.25) is 4.79 Å². The van der Waals surface area contributed by atoms with Crippen LogP contribution in [0.1, 0.15) is 15.9 Å². The van der Waals surface area contributed by atoms with Crippen molar-refractivity contribution in [3.05, 3.63) is 52.5 Å². The molecule has 0 aromatic heterocycles. The molecule has 0 saturated heterocycles. The monoisotopic (exact) mass is 290 g/mol. The molecule has 4 nitrogen and oxygen atoms in total. The number of rotatable bonds is 3. The van der Waals surface area contributed by atoms with Gasteiger partial charge < -0.3 is 15.8 Å². The van der Waals surface area contributed by atoms with E-state index in [1.165, 1.54) is 7.11 Å². The topological polar surface area (TPSA) is 64.3 Å². The lowest BCUT2D eigenvalue weighted by molar-refractivity contribution is 0.102. The molecule has 0 heterocycles. The molecule has 0 spiro atoms. The minimum absolute atomic E-state index is 0.284. The number of nitrogen functional groups attached to an aromatic ring is 1. The number of nitrogens with two attached hydrogens (primary N) is 1. The average Bonchev–Trinajstić information content (AvgIpc) is 2.43. The number of benzene rings is 2. The minimum Gasteiger partial charge on any atom is -0.496 e. The van der Waals surface area contributed by atoms with Gasteiger partial charge in [0.15, 0.2) is 0 Å². The normalized spacial score (nSPS) is 10.2. The number of nitrogens with one attached hydrogen (secondary N) is 1. The van der Waals surface area contributed by atoms with Crippen LogP contribution in [0.15, 0.2) is 36.4 Å². The zero-order chi connectivity index (χ0) is 14.7. The van der Waals surface area contributed by atoms with Gasteiger partial charge in [0.2, 0.25) is 0 Å². The summed E-state index contributed by atoms with van der Waals surface area (Å²) in [6.07, 6.45) is 0. The van der Waals surface area contributed by atoms with Crippen molar-refractivity contribution in [3.63, 3.8) is 0 Å². The summed E-state index contributed by atoms with van der Waals surface area (Å²) in [4.78, 5) is 12.3. The maximum absolute atomic E-state index is 12.3. The third kappa shape index (κ3) is 3.03. The molecule has 5 heteroatoms. The zero-order valence-corrected chi connectivity index (χ0v) is 12.0. The molecule has 0 saturated carbocycles. The van der Waals surface area contributed by atoms with Crippen LogP contribution in [0.5, 0.6) is 5.75 Å². The van der Waals surface area contributed by atoms with E-state index in [9.17, 15) is 4.79 Å². The van der Waals surface area contributed by atoms with Crippen LogP contribution < -0.4 is 15.8 Å². The SMILES string of the molecule is COc1ccc(Cl)cc1C(=O)Nc1ccc(N)c(C)c1. The highest BCUT2D eigenvalue weighted by Crippen LogP contribution is 2.24. The summed E-state index contributed by atoms with van der Waals surface area (Å²) in [6.45, 7) is 1.88. The summed E-state index contributed by atoms with van der Waals surface area (Å²) in [5, 5.41) is 3.27. The fourth-order valence-corrected chi connectivity index (χ4v) is 1.98. The molecule has 0 bridgehead atoms. The number of carbonyl (C=O) groups is 1. The number of amides is 1. The quantitative estimate of drug-likeness (QED) is 0.851. The Bertz CT molecular complexity index is 656. The fourth-order valence-electron chi connectivity index (χ4n) is 1.81. The first kappa shape index (κ1) is 14.2. The molecule has 2 aromatic carbocycles. The van der Waals surface area contributed by atoms with Crippen molar-refractivity contribution in [2.24, 2.45) is 0 Å². The highest BCUT2D eigenvalue weighted by atomic mass is 35.5. The lowest BCUT2D eigenvalue weighted by Crippen LogP contribution is -2.13. The zero-order valence-electron chi connectivity index (χ0n) is 11.2. The van der Waals surface area contributed by atoms with Crippen LogP contribution in [0.4, 0.5) is 11.4 Å². The highest BCUT2D eigenvalue weighted by Gasteiger charge is 2.13. The van der Waals surface area contributed by atoms with Gasteiger partial charge in [0, 0.05) is 16.4 Å². The number of hydrogen-bond donors (Lipinski definition) is 2. The Morgan fingerprint density at radius 2 is 2.00 bits per heavy atom. The van der Waals surface area contributed by atoms with Gasteiger partial charge in [-0.1, -0.05) is 11.6 Å². The predicted molar refractivity (Wildman–Crippen MR) is 81.5 cm³/mol. The predicted octanol–water partition coefficient (Wildman–Crippen LogP) is 3.49. The van der Waals surface area contributed by atoms with Gasteiger partial charge >= 0.3 is 0 Å². The van der Waals surface area contributed by atoms with Gasteiger partial charge in [-0.15, -0.1) is 0 Å². The van der Waals surface area contributed by atoms with Crippen LogP contribution in [0.2, 0.25) is 5.02 Å². The smallest absolute Gasteiger partial charge is 0.259 e. The van der Waals surface area contributed by atoms with E-state index >= 15 is 0 Å². The second-order valence-corrected chi connectivity index (χ2v) is 4.81. The Morgan fingerprint density at radius 1 is 1.25 bits per heavy atom. The van der Waals surface area contributed by atoms with Crippen molar-refractivity contribution in [2.45, 2.75) is 6.92 Å². The number of carbonyl (C=O) groups excluding carboxylic acids is 1. The fraction of sp³-hybridized carbons (Fsp3) is 0.133. The van der Waals surface area contributed by atoms with Crippen molar-refractivity contribution in [2.75, 3.05) is 18.2 Å². The van der Waals surface area contributed by atoms with Gasteiger partial charge in [-0.05, 0) is 48.9 Å². The summed E-state index contributed by atoms with van der Waals surface area (Å²) < 4.78 is 5.16. The molecule has 2 aromatic rings. The Kier molecular flexibility index (Phi) is 4.15.